The van der Waals surface area contributed by atoms with Gasteiger partial charge in [0.1, 0.15) is 5.52 Å². The van der Waals surface area contributed by atoms with Gasteiger partial charge in [-0.3, -0.25) is 14.6 Å². The van der Waals surface area contributed by atoms with E-state index in [0.717, 1.165) is 53.8 Å². The van der Waals surface area contributed by atoms with Crippen molar-refractivity contribution in [2.24, 2.45) is 0 Å². The Bertz CT molecular complexity index is 1890. The number of aromatic nitrogens is 4. The average Bonchev–Trinajstić information content (AvgIpc) is 3.60. The Balaban J connectivity index is 1.19. The first-order valence-electron chi connectivity index (χ1n) is 17.5. The van der Waals surface area contributed by atoms with E-state index >= 15 is 0 Å². The number of nitrogens with one attached hydrogen (secondary N) is 1. The summed E-state index contributed by atoms with van der Waals surface area (Å²) in [7, 11) is 0. The van der Waals surface area contributed by atoms with Crippen LogP contribution in [0.4, 0.5) is 21.6 Å². The molecule has 0 unspecified atom stereocenters. The zero-order valence-corrected chi connectivity index (χ0v) is 28.0. The fourth-order valence-electron chi connectivity index (χ4n) is 8.44. The number of hydrogen-bond acceptors (Lipinski definition) is 7. The predicted molar refractivity (Wildman–Crippen MR) is 184 cm³/mol. The lowest BCUT2D eigenvalue weighted by atomic mass is 9.73. The Kier molecular flexibility index (Phi) is 7.69. The highest BCUT2D eigenvalue weighted by atomic mass is 19.1. The van der Waals surface area contributed by atoms with Gasteiger partial charge in [0.05, 0.1) is 34.8 Å². The summed E-state index contributed by atoms with van der Waals surface area (Å²) in [5.74, 6) is 0.270. The first kappa shape index (κ1) is 30.9. The largest absolute Gasteiger partial charge is 0.343 e. The summed E-state index contributed by atoms with van der Waals surface area (Å²) in [5, 5.41) is 3.22. The third kappa shape index (κ3) is 5.05. The number of likely N-dealkylation sites (tertiary alicyclic amines) is 2. The molecular weight excluding hydrogens is 607 g/mol. The Labute approximate surface area is 280 Å². The van der Waals surface area contributed by atoms with Gasteiger partial charge >= 0.3 is 0 Å². The maximum atomic E-state index is 14.8. The number of halogens is 1. The third-order valence-electron chi connectivity index (χ3n) is 11.3. The zero-order chi connectivity index (χ0) is 33.2. The van der Waals surface area contributed by atoms with Crippen molar-refractivity contribution in [2.75, 3.05) is 36.4 Å². The van der Waals surface area contributed by atoms with E-state index in [9.17, 15) is 14.0 Å². The summed E-state index contributed by atoms with van der Waals surface area (Å²) in [6.45, 7) is 9.21. The van der Waals surface area contributed by atoms with Crippen molar-refractivity contribution in [3.63, 3.8) is 0 Å². The minimum Gasteiger partial charge on any atom is -0.343 e. The molecule has 1 spiro atoms. The summed E-state index contributed by atoms with van der Waals surface area (Å²) >= 11 is 0. The monoisotopic (exact) mass is 650 g/mol. The number of benzene rings is 1. The number of carbonyl (C=O) groups excluding carboxylic acids is 2. The van der Waals surface area contributed by atoms with E-state index in [2.05, 4.69) is 52.1 Å². The van der Waals surface area contributed by atoms with E-state index in [-0.39, 0.29) is 29.6 Å². The Morgan fingerprint density at radius 2 is 1.79 bits per heavy atom. The molecule has 8 rings (SSSR count). The molecule has 1 aromatic carbocycles. The van der Waals surface area contributed by atoms with Crippen molar-refractivity contribution in [1.82, 2.24) is 29.3 Å². The topological polar surface area (TPSA) is 99.5 Å². The molecule has 3 aromatic heterocycles. The molecule has 11 heteroatoms. The lowest BCUT2D eigenvalue weighted by Gasteiger charge is -2.48. The molecule has 0 atom stereocenters. The highest BCUT2D eigenvalue weighted by Crippen LogP contribution is 2.52. The molecule has 4 aliphatic rings. The minimum atomic E-state index is -0.630. The second-order valence-corrected chi connectivity index (χ2v) is 14.3. The molecule has 6 heterocycles. The van der Waals surface area contributed by atoms with E-state index in [1.165, 1.54) is 25.5 Å². The highest BCUT2D eigenvalue weighted by Gasteiger charge is 2.55. The average molecular weight is 651 g/mol. The van der Waals surface area contributed by atoms with Crippen molar-refractivity contribution in [2.45, 2.75) is 89.3 Å². The molecule has 2 saturated heterocycles. The molecule has 1 aliphatic carbocycles. The number of rotatable bonds is 6. The second kappa shape index (κ2) is 11.9. The van der Waals surface area contributed by atoms with Crippen molar-refractivity contribution >= 4 is 40.0 Å². The number of anilines is 3. The van der Waals surface area contributed by atoms with Crippen LogP contribution in [0.1, 0.15) is 77.3 Å². The van der Waals surface area contributed by atoms with Crippen LogP contribution in [-0.2, 0) is 15.0 Å². The van der Waals surface area contributed by atoms with Crippen LogP contribution in [0.3, 0.4) is 0 Å². The van der Waals surface area contributed by atoms with Gasteiger partial charge in [-0.05, 0) is 89.2 Å². The Hall–Kier alpha value is -4.38. The first-order chi connectivity index (χ1) is 23.2. The van der Waals surface area contributed by atoms with Gasteiger partial charge in [0.2, 0.25) is 11.8 Å². The Morgan fingerprint density at radius 1 is 1.02 bits per heavy atom. The summed E-state index contributed by atoms with van der Waals surface area (Å²) in [4.78, 5) is 47.1. The normalized spacial score (nSPS) is 22.4. The number of piperidine rings is 2. The van der Waals surface area contributed by atoms with Crippen LogP contribution in [0.5, 0.6) is 0 Å². The van der Waals surface area contributed by atoms with Crippen LogP contribution >= 0.6 is 0 Å². The zero-order valence-electron chi connectivity index (χ0n) is 28.0. The molecule has 48 heavy (non-hydrogen) atoms. The van der Waals surface area contributed by atoms with Gasteiger partial charge in [-0.1, -0.05) is 18.6 Å². The summed E-state index contributed by atoms with van der Waals surface area (Å²) in [5.41, 5.74) is 4.77. The smallest absolute Gasteiger partial charge is 0.238 e. The number of fused-ring (bicyclic) bond motifs is 3. The number of hydrogen-bond donors (Lipinski definition) is 1. The van der Waals surface area contributed by atoms with Gasteiger partial charge in [-0.25, -0.2) is 14.4 Å². The lowest BCUT2D eigenvalue weighted by Crippen LogP contribution is -2.58. The van der Waals surface area contributed by atoms with Crippen LogP contribution in [0.2, 0.25) is 0 Å². The van der Waals surface area contributed by atoms with E-state index in [1.807, 2.05) is 15.5 Å². The molecule has 3 fully saturated rings. The predicted octanol–water partition coefficient (Wildman–Crippen LogP) is 6.20. The van der Waals surface area contributed by atoms with Crippen LogP contribution in [0.25, 0.3) is 22.3 Å². The van der Waals surface area contributed by atoms with Gasteiger partial charge in [-0.15, -0.1) is 0 Å². The standard InChI is InChI=1S/C37H43FN8O2/c1-23(2)45-22-40-32-20-31(42-35(34(32)45)41-30-9-12-39-21-29(30)38)25-7-8-28-33(17-25)46(27-18-26(19-27)44-13-5-4-6-14-44)36(48)37(28)10-15-43(16-11-37)24(3)47/h7-9,12,17,20-23,26-27H,4-6,10-11,13-16,18-19H2,1-3H3,(H,39,41,42). The third-order valence-corrected chi connectivity index (χ3v) is 11.3. The summed E-state index contributed by atoms with van der Waals surface area (Å²) in [6.07, 6.45) is 11.5. The van der Waals surface area contributed by atoms with Crippen LogP contribution in [0, 0.1) is 5.82 Å². The van der Waals surface area contributed by atoms with Crippen LogP contribution < -0.4 is 10.2 Å². The highest BCUT2D eigenvalue weighted by molar-refractivity contribution is 6.09. The number of pyridine rings is 2. The number of amides is 2. The van der Waals surface area contributed by atoms with Gasteiger partial charge in [0.25, 0.3) is 0 Å². The molecule has 10 nitrogen and oxygen atoms in total. The quantitative estimate of drug-likeness (QED) is 0.265. The molecule has 2 amide bonds. The van der Waals surface area contributed by atoms with Gasteiger partial charge < -0.3 is 24.6 Å². The first-order valence-corrected chi connectivity index (χ1v) is 17.5. The fourth-order valence-corrected chi connectivity index (χ4v) is 8.44. The number of carbonyl (C=O) groups is 2. The van der Waals surface area contributed by atoms with E-state index in [1.54, 1.807) is 25.5 Å². The second-order valence-electron chi connectivity index (χ2n) is 14.3. The van der Waals surface area contributed by atoms with Crippen molar-refractivity contribution in [3.8, 4) is 11.3 Å². The minimum absolute atomic E-state index is 0.0588. The number of imidazole rings is 1. The summed E-state index contributed by atoms with van der Waals surface area (Å²) in [6, 6.07) is 10.6. The maximum Gasteiger partial charge on any atom is 0.238 e. The van der Waals surface area contributed by atoms with Gasteiger partial charge in [-0.2, -0.15) is 0 Å². The van der Waals surface area contributed by atoms with Crippen LogP contribution in [0.15, 0.2) is 49.1 Å². The van der Waals surface area contributed by atoms with E-state index in [4.69, 9.17) is 9.97 Å². The van der Waals surface area contributed by atoms with E-state index in [0.29, 0.717) is 43.5 Å². The van der Waals surface area contributed by atoms with Crippen molar-refractivity contribution < 1.29 is 14.0 Å². The Morgan fingerprint density at radius 3 is 2.50 bits per heavy atom. The molecular formula is C37H43FN8O2. The fraction of sp³-hybridized carbons (Fsp3) is 0.486. The molecule has 250 valence electrons. The van der Waals surface area contributed by atoms with Crippen LogP contribution in [-0.4, -0.2) is 79.4 Å². The maximum absolute atomic E-state index is 14.8. The van der Waals surface area contributed by atoms with Crippen molar-refractivity contribution in [3.05, 3.63) is 60.4 Å². The lowest BCUT2D eigenvalue weighted by molar-refractivity contribution is -0.134. The molecule has 4 aromatic rings. The molecule has 3 aliphatic heterocycles. The number of nitrogens with zero attached hydrogens (tertiary/aromatic N) is 7. The molecule has 0 bridgehead atoms. The SMILES string of the molecule is CC(=O)N1CCC2(CC1)C(=O)N(C1CC(N3CCCCC3)C1)c1cc(-c3cc4ncn(C(C)C)c4c(Nc4ccncc4F)n3)ccc12. The summed E-state index contributed by atoms with van der Waals surface area (Å²) < 4.78 is 16.8. The molecule has 1 N–H and O–H groups in total. The van der Waals surface area contributed by atoms with E-state index < -0.39 is 11.2 Å². The van der Waals surface area contributed by atoms with Crippen molar-refractivity contribution in [1.29, 1.82) is 0 Å². The molecule has 0 radical (unpaired) electrons. The van der Waals surface area contributed by atoms with Gasteiger partial charge in [0, 0.05) is 55.6 Å². The molecule has 1 saturated carbocycles. The van der Waals surface area contributed by atoms with Gasteiger partial charge in [0.15, 0.2) is 11.6 Å².